The maximum absolute atomic E-state index is 9.61. The summed E-state index contributed by atoms with van der Waals surface area (Å²) in [5.74, 6) is 0. The zero-order chi connectivity index (χ0) is 13.7. The lowest BCUT2D eigenvalue weighted by Crippen LogP contribution is -2.47. The molecule has 0 saturated heterocycles. The molecule has 0 aliphatic heterocycles. The molecule has 1 atom stereocenters. The van der Waals surface area contributed by atoms with Gasteiger partial charge in [0.2, 0.25) is 0 Å². The fourth-order valence-corrected chi connectivity index (χ4v) is 2.87. The molecule has 0 aromatic heterocycles. The number of nitrogens with one attached hydrogen (secondary N) is 1. The van der Waals surface area contributed by atoms with E-state index < -0.39 is 0 Å². The number of aliphatic hydroxyl groups is 1. The fraction of sp³-hybridized carbons (Fsp3) is 1.00. The summed E-state index contributed by atoms with van der Waals surface area (Å²) in [7, 11) is 0. The lowest BCUT2D eigenvalue weighted by Gasteiger charge is -2.30. The second-order valence-electron chi connectivity index (χ2n) is 6.86. The van der Waals surface area contributed by atoms with Crippen molar-refractivity contribution < 1.29 is 5.11 Å². The molecule has 2 saturated carbocycles. The predicted octanol–water partition coefficient (Wildman–Crippen LogP) is 2.53. The van der Waals surface area contributed by atoms with Crippen LogP contribution < -0.4 is 5.32 Å². The van der Waals surface area contributed by atoms with Gasteiger partial charge in [-0.15, -0.1) is 0 Å². The van der Waals surface area contributed by atoms with E-state index in [1.807, 2.05) is 0 Å². The van der Waals surface area contributed by atoms with Crippen LogP contribution in [0.2, 0.25) is 0 Å². The summed E-state index contributed by atoms with van der Waals surface area (Å²) in [4.78, 5) is 2.68. The molecule has 1 unspecified atom stereocenters. The molecule has 2 N–H and O–H groups in total. The highest BCUT2D eigenvalue weighted by molar-refractivity contribution is 4.92. The number of hydrogen-bond acceptors (Lipinski definition) is 3. The van der Waals surface area contributed by atoms with E-state index >= 15 is 0 Å². The van der Waals surface area contributed by atoms with E-state index in [1.54, 1.807) is 0 Å². The molecule has 2 aliphatic carbocycles. The minimum atomic E-state index is -0.0544. The van der Waals surface area contributed by atoms with Gasteiger partial charge in [-0.25, -0.2) is 0 Å². The molecule has 3 nitrogen and oxygen atoms in total. The predicted molar refractivity (Wildman–Crippen MR) is 80.4 cm³/mol. The average Bonchev–Trinajstić information content (AvgIpc) is 3.25. The first-order valence-corrected chi connectivity index (χ1v) is 8.29. The van der Waals surface area contributed by atoms with Gasteiger partial charge in [0.15, 0.2) is 0 Å². The Kier molecular flexibility index (Phi) is 5.67. The van der Waals surface area contributed by atoms with Gasteiger partial charge in [-0.1, -0.05) is 13.3 Å². The molecule has 3 heteroatoms. The molecule has 0 amide bonds. The number of aliphatic hydroxyl groups excluding tert-OH is 1. The Hall–Kier alpha value is -0.120. The normalized spacial score (nSPS) is 22.7. The summed E-state index contributed by atoms with van der Waals surface area (Å²) >= 11 is 0. The Morgan fingerprint density at radius 2 is 1.84 bits per heavy atom. The molecule has 19 heavy (non-hydrogen) atoms. The van der Waals surface area contributed by atoms with Gasteiger partial charge >= 0.3 is 0 Å². The van der Waals surface area contributed by atoms with Crippen molar-refractivity contribution in [1.29, 1.82) is 0 Å². The molecule has 0 aromatic carbocycles. The van der Waals surface area contributed by atoms with E-state index in [0.29, 0.717) is 6.04 Å². The van der Waals surface area contributed by atoms with E-state index in [4.69, 9.17) is 0 Å². The molecule has 0 spiro atoms. The van der Waals surface area contributed by atoms with Gasteiger partial charge < -0.3 is 15.3 Å². The van der Waals surface area contributed by atoms with Gasteiger partial charge in [0.05, 0.1) is 6.61 Å². The topological polar surface area (TPSA) is 35.5 Å². The van der Waals surface area contributed by atoms with Gasteiger partial charge in [-0.3, -0.25) is 0 Å². The Balaban J connectivity index is 1.67. The van der Waals surface area contributed by atoms with Gasteiger partial charge in [0.25, 0.3) is 0 Å². The van der Waals surface area contributed by atoms with Crippen LogP contribution in [0.5, 0.6) is 0 Å². The molecule has 2 aliphatic rings. The third kappa shape index (κ3) is 5.41. The Bertz CT molecular complexity index is 263. The van der Waals surface area contributed by atoms with Crippen LogP contribution in [0.4, 0.5) is 0 Å². The molecule has 0 radical (unpaired) electrons. The van der Waals surface area contributed by atoms with E-state index in [9.17, 15) is 5.11 Å². The van der Waals surface area contributed by atoms with Crippen LogP contribution in [0.15, 0.2) is 0 Å². The van der Waals surface area contributed by atoms with E-state index in [2.05, 4.69) is 24.1 Å². The van der Waals surface area contributed by atoms with Crippen LogP contribution in [0, 0.1) is 0 Å². The molecule has 0 heterocycles. The van der Waals surface area contributed by atoms with Crippen molar-refractivity contribution in [2.75, 3.05) is 19.7 Å². The quantitative estimate of drug-likeness (QED) is 0.604. The highest BCUT2D eigenvalue weighted by Crippen LogP contribution is 2.28. The summed E-state index contributed by atoms with van der Waals surface area (Å²) in [6, 6.07) is 1.56. The summed E-state index contributed by atoms with van der Waals surface area (Å²) in [5, 5.41) is 13.2. The number of hydrogen-bond donors (Lipinski definition) is 2. The Morgan fingerprint density at radius 3 is 2.37 bits per heavy atom. The SMILES string of the molecule is CCCCN(CCCC(C)(CO)NC1CC1)C1CC1. The first kappa shape index (κ1) is 15.3. The largest absolute Gasteiger partial charge is 0.394 e. The zero-order valence-electron chi connectivity index (χ0n) is 12.8. The van der Waals surface area contributed by atoms with Crippen LogP contribution in [0.25, 0.3) is 0 Å². The summed E-state index contributed by atoms with van der Waals surface area (Å²) < 4.78 is 0. The zero-order valence-corrected chi connectivity index (χ0v) is 12.8. The highest BCUT2D eigenvalue weighted by atomic mass is 16.3. The van der Waals surface area contributed by atoms with Gasteiger partial charge in [-0.2, -0.15) is 0 Å². The fourth-order valence-electron chi connectivity index (χ4n) is 2.87. The summed E-state index contributed by atoms with van der Waals surface area (Å²) in [6.07, 6.45) is 10.3. The van der Waals surface area contributed by atoms with Crippen LogP contribution in [-0.4, -0.2) is 47.3 Å². The van der Waals surface area contributed by atoms with Crippen LogP contribution in [-0.2, 0) is 0 Å². The first-order chi connectivity index (χ1) is 9.17. The van der Waals surface area contributed by atoms with Crippen LogP contribution in [0.3, 0.4) is 0 Å². The second kappa shape index (κ2) is 7.05. The van der Waals surface area contributed by atoms with Crippen molar-refractivity contribution in [1.82, 2.24) is 10.2 Å². The number of unbranched alkanes of at least 4 members (excludes halogenated alkanes) is 1. The van der Waals surface area contributed by atoms with Crippen LogP contribution in [0.1, 0.15) is 65.2 Å². The van der Waals surface area contributed by atoms with Crippen LogP contribution >= 0.6 is 0 Å². The monoisotopic (exact) mass is 268 g/mol. The van der Waals surface area contributed by atoms with E-state index in [-0.39, 0.29) is 12.1 Å². The lowest BCUT2D eigenvalue weighted by atomic mass is 9.96. The van der Waals surface area contributed by atoms with E-state index in [1.165, 1.54) is 58.0 Å². The maximum Gasteiger partial charge on any atom is 0.0610 e. The number of nitrogens with zero attached hydrogens (tertiary/aromatic N) is 1. The van der Waals surface area contributed by atoms with Crippen molar-refractivity contribution >= 4 is 0 Å². The highest BCUT2D eigenvalue weighted by Gasteiger charge is 2.32. The maximum atomic E-state index is 9.61. The third-order valence-corrected chi connectivity index (χ3v) is 4.51. The molecule has 112 valence electrons. The summed E-state index contributed by atoms with van der Waals surface area (Å²) in [5.41, 5.74) is -0.0544. The molecular formula is C16H32N2O. The molecule has 0 bridgehead atoms. The molecular weight excluding hydrogens is 236 g/mol. The Morgan fingerprint density at radius 1 is 1.16 bits per heavy atom. The molecule has 2 fully saturated rings. The average molecular weight is 268 g/mol. The Labute approximate surface area is 118 Å². The molecule has 2 rings (SSSR count). The van der Waals surface area contributed by atoms with Gasteiger partial charge in [0, 0.05) is 17.6 Å². The summed E-state index contributed by atoms with van der Waals surface area (Å²) in [6.45, 7) is 7.20. The van der Waals surface area contributed by atoms with Gasteiger partial charge in [-0.05, 0) is 65.0 Å². The standard InChI is InChI=1S/C16H32N2O/c1-3-4-11-18(15-8-9-15)12-5-10-16(2,13-19)17-14-6-7-14/h14-15,17,19H,3-13H2,1-2H3. The van der Waals surface area contributed by atoms with Crippen molar-refractivity contribution in [3.05, 3.63) is 0 Å². The minimum absolute atomic E-state index is 0.0544. The molecule has 0 aromatic rings. The second-order valence-corrected chi connectivity index (χ2v) is 6.86. The van der Waals surface area contributed by atoms with Crippen molar-refractivity contribution in [3.8, 4) is 0 Å². The minimum Gasteiger partial charge on any atom is -0.394 e. The lowest BCUT2D eigenvalue weighted by molar-refractivity contribution is 0.153. The van der Waals surface area contributed by atoms with E-state index in [0.717, 1.165) is 12.5 Å². The van der Waals surface area contributed by atoms with Crippen molar-refractivity contribution in [2.45, 2.75) is 82.8 Å². The van der Waals surface area contributed by atoms with Crippen molar-refractivity contribution in [3.63, 3.8) is 0 Å². The van der Waals surface area contributed by atoms with Gasteiger partial charge in [0.1, 0.15) is 0 Å². The smallest absolute Gasteiger partial charge is 0.0610 e. The third-order valence-electron chi connectivity index (χ3n) is 4.51. The number of rotatable bonds is 11. The van der Waals surface area contributed by atoms with Crippen molar-refractivity contribution in [2.24, 2.45) is 0 Å². The first-order valence-electron chi connectivity index (χ1n) is 8.29.